The fraction of sp³-hybridized carbons (Fsp3) is 0.526. The topological polar surface area (TPSA) is 38.8 Å². The third kappa shape index (κ3) is 4.50. The molecule has 1 aliphatic rings. The normalized spacial score (nSPS) is 18.4. The van der Waals surface area contributed by atoms with E-state index in [2.05, 4.69) is 6.58 Å². The van der Waals surface area contributed by atoms with Gasteiger partial charge in [-0.3, -0.25) is 0 Å². The van der Waals surface area contributed by atoms with Gasteiger partial charge in [0, 0.05) is 6.54 Å². The van der Waals surface area contributed by atoms with Crippen LogP contribution in [-0.2, 0) is 4.74 Å². The van der Waals surface area contributed by atoms with Crippen LogP contribution in [0.15, 0.2) is 30.8 Å². The molecule has 126 valence electrons. The number of nitrogens with zero attached hydrogens (tertiary/aromatic N) is 1. The second-order valence-corrected chi connectivity index (χ2v) is 6.94. The van der Waals surface area contributed by atoms with Crippen LogP contribution in [0.5, 0.6) is 5.75 Å². The Morgan fingerprint density at radius 1 is 1.22 bits per heavy atom. The summed E-state index contributed by atoms with van der Waals surface area (Å²) < 4.78 is 10.8. The van der Waals surface area contributed by atoms with E-state index in [1.165, 1.54) is 0 Å². The minimum absolute atomic E-state index is 0.00741. The van der Waals surface area contributed by atoms with Gasteiger partial charge in [0.25, 0.3) is 0 Å². The Labute approximate surface area is 139 Å². The highest BCUT2D eigenvalue weighted by Crippen LogP contribution is 2.30. The van der Waals surface area contributed by atoms with Crippen molar-refractivity contribution in [1.29, 1.82) is 0 Å². The second-order valence-electron chi connectivity index (χ2n) is 6.94. The summed E-state index contributed by atoms with van der Waals surface area (Å²) in [5.74, 6) is 0.814. The molecule has 1 saturated heterocycles. The number of carbonyl (C=O) groups excluding carboxylic acids is 1. The molecule has 1 heterocycles. The molecule has 1 amide bonds. The molecule has 0 radical (unpaired) electrons. The molecule has 0 saturated carbocycles. The van der Waals surface area contributed by atoms with Crippen LogP contribution in [-0.4, -0.2) is 36.3 Å². The standard InChI is InChI=1S/C19H27NO3/c1-14(15-9-11-16(22-5)12-10-15)17-8-6-7-13-20(17)18(21)23-19(2,3)4/h9-12,17H,1,6-8,13H2,2-5H3/t17-/m0/s1. The minimum Gasteiger partial charge on any atom is -0.497 e. The lowest BCUT2D eigenvalue weighted by molar-refractivity contribution is 0.0159. The second kappa shape index (κ2) is 7.07. The number of rotatable bonds is 3. The van der Waals surface area contributed by atoms with Crippen molar-refractivity contribution in [3.8, 4) is 5.75 Å². The lowest BCUT2D eigenvalue weighted by atomic mass is 9.92. The van der Waals surface area contributed by atoms with Crippen molar-refractivity contribution in [2.45, 2.75) is 51.7 Å². The van der Waals surface area contributed by atoms with Gasteiger partial charge < -0.3 is 14.4 Å². The molecule has 0 aliphatic carbocycles. The molecule has 1 aliphatic heterocycles. The Bertz CT molecular complexity index is 557. The molecule has 0 aromatic heterocycles. The lowest BCUT2D eigenvalue weighted by Crippen LogP contribution is -2.46. The van der Waals surface area contributed by atoms with Crippen LogP contribution in [0.25, 0.3) is 5.57 Å². The van der Waals surface area contributed by atoms with E-state index in [1.807, 2.05) is 49.9 Å². The minimum atomic E-state index is -0.486. The van der Waals surface area contributed by atoms with Gasteiger partial charge in [0.15, 0.2) is 0 Å². The van der Waals surface area contributed by atoms with Gasteiger partial charge in [0.2, 0.25) is 0 Å². The summed E-state index contributed by atoms with van der Waals surface area (Å²) in [6.45, 7) is 10.6. The van der Waals surface area contributed by atoms with Gasteiger partial charge in [-0.15, -0.1) is 0 Å². The first-order valence-electron chi connectivity index (χ1n) is 8.14. The highest BCUT2D eigenvalue weighted by Gasteiger charge is 2.32. The third-order valence-electron chi connectivity index (χ3n) is 3.99. The van der Waals surface area contributed by atoms with Crippen LogP contribution in [0, 0.1) is 0 Å². The van der Waals surface area contributed by atoms with Crippen molar-refractivity contribution in [3.05, 3.63) is 36.4 Å². The van der Waals surface area contributed by atoms with Crippen molar-refractivity contribution in [3.63, 3.8) is 0 Å². The number of carbonyl (C=O) groups is 1. The first-order chi connectivity index (χ1) is 10.8. The SMILES string of the molecule is C=C(c1ccc(OC)cc1)[C@@H]1CCCCN1C(=O)OC(C)(C)C. The maximum absolute atomic E-state index is 12.5. The van der Waals surface area contributed by atoms with Crippen molar-refractivity contribution in [2.75, 3.05) is 13.7 Å². The number of piperidine rings is 1. The van der Waals surface area contributed by atoms with Gasteiger partial charge in [0.05, 0.1) is 13.2 Å². The summed E-state index contributed by atoms with van der Waals surface area (Å²) in [7, 11) is 1.65. The van der Waals surface area contributed by atoms with Gasteiger partial charge in [0.1, 0.15) is 11.4 Å². The summed E-state index contributed by atoms with van der Waals surface area (Å²) in [5, 5.41) is 0. The number of benzene rings is 1. The molecule has 1 fully saturated rings. The first-order valence-corrected chi connectivity index (χ1v) is 8.14. The fourth-order valence-corrected chi connectivity index (χ4v) is 2.83. The van der Waals surface area contributed by atoms with Gasteiger partial charge >= 0.3 is 6.09 Å². The lowest BCUT2D eigenvalue weighted by Gasteiger charge is -2.38. The first kappa shape index (κ1) is 17.4. The zero-order valence-corrected chi connectivity index (χ0v) is 14.6. The summed E-state index contributed by atoms with van der Waals surface area (Å²) >= 11 is 0. The highest BCUT2D eigenvalue weighted by molar-refractivity contribution is 5.76. The largest absolute Gasteiger partial charge is 0.497 e. The summed E-state index contributed by atoms with van der Waals surface area (Å²) in [4.78, 5) is 14.3. The molecule has 0 bridgehead atoms. The number of hydrogen-bond donors (Lipinski definition) is 0. The molecular formula is C19H27NO3. The van der Waals surface area contributed by atoms with Crippen molar-refractivity contribution < 1.29 is 14.3 Å². The average molecular weight is 317 g/mol. The third-order valence-corrected chi connectivity index (χ3v) is 3.99. The molecule has 4 nitrogen and oxygen atoms in total. The Balaban J connectivity index is 2.16. The Kier molecular flexibility index (Phi) is 5.34. The molecule has 4 heteroatoms. The van der Waals surface area contributed by atoms with Crippen LogP contribution in [0.1, 0.15) is 45.6 Å². The summed E-state index contributed by atoms with van der Waals surface area (Å²) in [6.07, 6.45) is 2.77. The average Bonchev–Trinajstić information content (AvgIpc) is 2.52. The predicted octanol–water partition coefficient (Wildman–Crippen LogP) is 4.50. The smallest absolute Gasteiger partial charge is 0.410 e. The maximum atomic E-state index is 12.5. The predicted molar refractivity (Wildman–Crippen MR) is 92.6 cm³/mol. The number of hydrogen-bond acceptors (Lipinski definition) is 3. The van der Waals surface area contributed by atoms with E-state index in [-0.39, 0.29) is 12.1 Å². The fourth-order valence-electron chi connectivity index (χ4n) is 2.83. The molecule has 23 heavy (non-hydrogen) atoms. The zero-order chi connectivity index (χ0) is 17.0. The van der Waals surface area contributed by atoms with Crippen LogP contribution >= 0.6 is 0 Å². The van der Waals surface area contributed by atoms with Crippen LogP contribution < -0.4 is 4.74 Å². The number of amides is 1. The maximum Gasteiger partial charge on any atom is 0.410 e. The summed E-state index contributed by atoms with van der Waals surface area (Å²) in [6, 6.07) is 7.81. The van der Waals surface area contributed by atoms with E-state index >= 15 is 0 Å². The molecule has 0 N–H and O–H groups in total. The molecule has 0 unspecified atom stereocenters. The van der Waals surface area contributed by atoms with E-state index in [4.69, 9.17) is 9.47 Å². The van der Waals surface area contributed by atoms with Crippen molar-refractivity contribution >= 4 is 11.7 Å². The molecule has 2 rings (SSSR count). The van der Waals surface area contributed by atoms with Crippen molar-refractivity contribution in [1.82, 2.24) is 4.90 Å². The van der Waals surface area contributed by atoms with Crippen LogP contribution in [0.4, 0.5) is 4.79 Å². The number of methoxy groups -OCH3 is 1. The molecule has 1 aromatic carbocycles. The summed E-state index contributed by atoms with van der Waals surface area (Å²) in [5.41, 5.74) is 1.50. The van der Waals surface area contributed by atoms with E-state index < -0.39 is 5.60 Å². The number of ether oxygens (including phenoxy) is 2. The van der Waals surface area contributed by atoms with E-state index in [0.717, 1.165) is 42.7 Å². The monoisotopic (exact) mass is 317 g/mol. The Morgan fingerprint density at radius 3 is 2.43 bits per heavy atom. The van der Waals surface area contributed by atoms with Gasteiger partial charge in [-0.2, -0.15) is 0 Å². The molecular weight excluding hydrogens is 290 g/mol. The quantitative estimate of drug-likeness (QED) is 0.824. The Hall–Kier alpha value is -1.97. The van der Waals surface area contributed by atoms with Gasteiger partial charge in [-0.1, -0.05) is 18.7 Å². The molecule has 1 atom stereocenters. The Morgan fingerprint density at radius 2 is 1.87 bits per heavy atom. The van der Waals surface area contributed by atoms with Gasteiger partial charge in [-0.05, 0) is 63.3 Å². The van der Waals surface area contributed by atoms with Crippen LogP contribution in [0.2, 0.25) is 0 Å². The zero-order valence-electron chi connectivity index (χ0n) is 14.6. The molecule has 0 spiro atoms. The van der Waals surface area contributed by atoms with Gasteiger partial charge in [-0.25, -0.2) is 4.79 Å². The number of likely N-dealkylation sites (tertiary alicyclic amines) is 1. The van der Waals surface area contributed by atoms with E-state index in [9.17, 15) is 4.79 Å². The van der Waals surface area contributed by atoms with E-state index in [1.54, 1.807) is 7.11 Å². The highest BCUT2D eigenvalue weighted by atomic mass is 16.6. The van der Waals surface area contributed by atoms with Crippen LogP contribution in [0.3, 0.4) is 0 Å². The van der Waals surface area contributed by atoms with E-state index in [0.29, 0.717) is 0 Å². The van der Waals surface area contributed by atoms with Crippen molar-refractivity contribution in [2.24, 2.45) is 0 Å². The molecule has 1 aromatic rings.